The van der Waals surface area contributed by atoms with Crippen LogP contribution in [0.3, 0.4) is 0 Å². The molecule has 0 saturated heterocycles. The minimum atomic E-state index is -3.78. The highest BCUT2D eigenvalue weighted by Gasteiger charge is 2.28. The van der Waals surface area contributed by atoms with Crippen LogP contribution in [0.1, 0.15) is 37.8 Å². The van der Waals surface area contributed by atoms with Gasteiger partial charge in [0.05, 0.1) is 17.0 Å². The van der Waals surface area contributed by atoms with Crippen molar-refractivity contribution in [2.24, 2.45) is 10.2 Å². The van der Waals surface area contributed by atoms with Crippen LogP contribution in [-0.2, 0) is 21.9 Å². The molecule has 2 aromatic carbocycles. The van der Waals surface area contributed by atoms with Gasteiger partial charge in [-0.2, -0.15) is 20.8 Å². The quantitative estimate of drug-likeness (QED) is 0.271. The molecule has 168 valence electrons. The molecule has 10 heteroatoms. The molecule has 0 aliphatic rings. The van der Waals surface area contributed by atoms with E-state index in [0.29, 0.717) is 25.7 Å². The molecule has 2 rings (SSSR count). The normalized spacial score (nSPS) is 15.4. The van der Waals surface area contributed by atoms with Crippen molar-refractivity contribution in [2.75, 3.05) is 0 Å². The van der Waals surface area contributed by atoms with Gasteiger partial charge >= 0.3 is 0 Å². The molecule has 2 aromatic rings. The molecule has 0 amide bonds. The van der Waals surface area contributed by atoms with Gasteiger partial charge in [-0.05, 0) is 96.6 Å². The lowest BCUT2D eigenvalue weighted by Crippen LogP contribution is -2.24. The maximum atomic E-state index is 11.4. The van der Waals surface area contributed by atoms with Gasteiger partial charge in [0.1, 0.15) is 0 Å². The van der Waals surface area contributed by atoms with Crippen LogP contribution in [0.25, 0.3) is 0 Å². The molecule has 0 aliphatic carbocycles. The summed E-state index contributed by atoms with van der Waals surface area (Å²) < 4.78 is 22.7. The van der Waals surface area contributed by atoms with E-state index >= 15 is 0 Å². The predicted octanol–water partition coefficient (Wildman–Crippen LogP) is 6.44. The van der Waals surface area contributed by atoms with Crippen molar-refractivity contribution in [2.45, 2.75) is 60.4 Å². The Bertz CT molecular complexity index is 1140. The van der Waals surface area contributed by atoms with Crippen molar-refractivity contribution in [3.05, 3.63) is 59.7 Å². The van der Waals surface area contributed by atoms with Crippen molar-refractivity contribution in [1.82, 2.24) is 0 Å². The van der Waals surface area contributed by atoms with E-state index in [2.05, 4.69) is 22.4 Å². The minimum absolute atomic E-state index is 0.0199. The molecular formula is C22H22Cl2N4O2S2. The van der Waals surface area contributed by atoms with Gasteiger partial charge in [-0.15, -0.1) is 0 Å². The van der Waals surface area contributed by atoms with Crippen LogP contribution in [0, 0.1) is 22.7 Å². The van der Waals surface area contributed by atoms with Crippen LogP contribution >= 0.6 is 32.3 Å². The molecule has 0 aliphatic heterocycles. The lowest BCUT2D eigenvalue weighted by molar-refractivity contribution is 0.451. The second kappa shape index (κ2) is 11.2. The lowest BCUT2D eigenvalue weighted by Gasteiger charge is -2.20. The number of halogens is 2. The third-order valence-corrected chi connectivity index (χ3v) is 7.35. The number of hydrogen-bond acceptors (Lipinski definition) is 7. The molecule has 0 saturated carbocycles. The van der Waals surface area contributed by atoms with Gasteiger partial charge < -0.3 is 0 Å². The highest BCUT2D eigenvalue weighted by molar-refractivity contribution is 8.21. The molecule has 0 spiro atoms. The van der Waals surface area contributed by atoms with Crippen molar-refractivity contribution in [3.8, 4) is 12.1 Å². The predicted molar refractivity (Wildman–Crippen MR) is 127 cm³/mol. The van der Waals surface area contributed by atoms with Crippen molar-refractivity contribution in [1.29, 1.82) is 10.5 Å². The second-order valence-corrected chi connectivity index (χ2v) is 11.4. The Morgan fingerprint density at radius 3 is 1.62 bits per heavy atom. The molecule has 0 aromatic heterocycles. The summed E-state index contributed by atoms with van der Waals surface area (Å²) in [5.74, 6) is 0. The molecular weight excluding hydrogens is 487 g/mol. The molecule has 2 atom stereocenters. The summed E-state index contributed by atoms with van der Waals surface area (Å²) in [6, 6.07) is 18.3. The van der Waals surface area contributed by atoms with E-state index in [1.54, 1.807) is 26.0 Å². The van der Waals surface area contributed by atoms with Crippen LogP contribution in [0.15, 0.2) is 68.6 Å². The number of hydrogen-bond donors (Lipinski definition) is 0. The van der Waals surface area contributed by atoms with E-state index < -0.39 is 20.1 Å². The zero-order chi connectivity index (χ0) is 23.8. The van der Waals surface area contributed by atoms with Crippen molar-refractivity contribution >= 4 is 41.4 Å². The Balaban J connectivity index is 2.03. The van der Waals surface area contributed by atoms with Gasteiger partial charge in [-0.25, -0.2) is 8.42 Å². The SMILES string of the molecule is CC(C#N)(CCc1ccc(SCl)cc1)/N=N/C(C)(C#N)CCc1ccc(S(=O)(=O)Cl)cc1. The van der Waals surface area contributed by atoms with E-state index in [0.717, 1.165) is 27.0 Å². The standard InChI is InChI=1S/C22H22Cl2N4O2S2/c1-21(15-25,13-11-17-3-7-19(31-23)8-4-17)27-28-22(2,16-26)14-12-18-5-9-20(10-6-18)32(24,29)30/h3-10H,11-14H2,1-2H3/b28-27+. The second-order valence-electron chi connectivity index (χ2n) is 7.77. The van der Waals surface area contributed by atoms with E-state index in [4.69, 9.17) is 21.4 Å². The van der Waals surface area contributed by atoms with E-state index in [-0.39, 0.29) is 4.90 Å². The minimum Gasteiger partial charge on any atom is -0.207 e. The number of azo groups is 1. The zero-order valence-electron chi connectivity index (χ0n) is 17.6. The van der Waals surface area contributed by atoms with Crippen LogP contribution in [0.5, 0.6) is 0 Å². The molecule has 6 nitrogen and oxygen atoms in total. The fourth-order valence-electron chi connectivity index (χ4n) is 2.78. The van der Waals surface area contributed by atoms with E-state index in [1.165, 1.54) is 12.1 Å². The Morgan fingerprint density at radius 1 is 0.875 bits per heavy atom. The summed E-state index contributed by atoms with van der Waals surface area (Å²) in [4.78, 5) is 0.966. The number of aryl methyl sites for hydroxylation is 2. The topological polar surface area (TPSA) is 106 Å². The number of benzene rings is 2. The van der Waals surface area contributed by atoms with Gasteiger partial charge in [-0.1, -0.05) is 24.3 Å². The fraction of sp³-hybridized carbons (Fsp3) is 0.364. The van der Waals surface area contributed by atoms with Crippen molar-refractivity contribution < 1.29 is 8.42 Å². The third-order valence-electron chi connectivity index (χ3n) is 4.99. The lowest BCUT2D eigenvalue weighted by atomic mass is 9.94. The number of nitriles is 2. The van der Waals surface area contributed by atoms with Gasteiger partial charge in [0.15, 0.2) is 11.1 Å². The molecule has 2 unspecified atom stereocenters. The Labute approximate surface area is 202 Å². The Hall–Kier alpha value is -2.10. The van der Waals surface area contributed by atoms with Crippen molar-refractivity contribution in [3.63, 3.8) is 0 Å². The smallest absolute Gasteiger partial charge is 0.207 e. The van der Waals surface area contributed by atoms with Crippen LogP contribution in [0.2, 0.25) is 0 Å². The van der Waals surface area contributed by atoms with E-state index in [9.17, 15) is 18.9 Å². The van der Waals surface area contributed by atoms with Gasteiger partial charge in [0.25, 0.3) is 9.05 Å². The first kappa shape index (κ1) is 26.2. The Morgan fingerprint density at radius 2 is 1.28 bits per heavy atom. The van der Waals surface area contributed by atoms with Gasteiger partial charge in [0, 0.05) is 15.6 Å². The summed E-state index contributed by atoms with van der Waals surface area (Å²) >= 11 is 0. The number of rotatable bonds is 10. The first-order valence-electron chi connectivity index (χ1n) is 9.70. The maximum absolute atomic E-state index is 11.4. The zero-order valence-corrected chi connectivity index (χ0v) is 20.8. The van der Waals surface area contributed by atoms with Crippen LogP contribution in [-0.4, -0.2) is 19.5 Å². The summed E-state index contributed by atoms with van der Waals surface area (Å²) in [6.07, 6.45) is 1.94. The average molecular weight is 509 g/mol. The molecule has 0 bridgehead atoms. The molecule has 0 N–H and O–H groups in total. The maximum Gasteiger partial charge on any atom is 0.261 e. The highest BCUT2D eigenvalue weighted by Crippen LogP contribution is 2.26. The largest absolute Gasteiger partial charge is 0.261 e. The Kier molecular flexibility index (Phi) is 9.12. The summed E-state index contributed by atoms with van der Waals surface area (Å²) in [5.41, 5.74) is -0.280. The first-order chi connectivity index (χ1) is 15.0. The fourth-order valence-corrected chi connectivity index (χ4v) is 4.10. The van der Waals surface area contributed by atoms with Crippen LogP contribution in [0.4, 0.5) is 0 Å². The summed E-state index contributed by atoms with van der Waals surface area (Å²) in [5, 5.41) is 27.8. The summed E-state index contributed by atoms with van der Waals surface area (Å²) in [6.45, 7) is 3.36. The molecule has 0 heterocycles. The monoisotopic (exact) mass is 508 g/mol. The first-order valence-corrected chi connectivity index (χ1v) is 13.7. The van der Waals surface area contributed by atoms with Crippen LogP contribution < -0.4 is 0 Å². The molecule has 32 heavy (non-hydrogen) atoms. The highest BCUT2D eigenvalue weighted by atomic mass is 35.7. The summed E-state index contributed by atoms with van der Waals surface area (Å²) in [7, 11) is 8.43. The molecule has 0 radical (unpaired) electrons. The number of nitrogens with zero attached hydrogens (tertiary/aromatic N) is 4. The van der Waals surface area contributed by atoms with Gasteiger partial charge in [-0.3, -0.25) is 0 Å². The van der Waals surface area contributed by atoms with Gasteiger partial charge in [0.2, 0.25) is 0 Å². The average Bonchev–Trinajstić information content (AvgIpc) is 2.80. The van der Waals surface area contributed by atoms with E-state index in [1.807, 2.05) is 24.3 Å². The third kappa shape index (κ3) is 7.79. The molecule has 0 fully saturated rings.